The first-order valence-electron chi connectivity index (χ1n) is 16.1. The number of sulfone groups is 1. The standard InChI is InChI=1S/C36H41Cl2N5O4S/c1-5-47-31-16-11-27(36(2,3)24-39)23-30(31)34-40-32(25-7-12-28(37)13-8-25)33(26-9-14-29(38)15-10-26)43(34)35(44)42-20-18-41(19-21-42)17-6-22-48(4,45)46/h7-16,23,32-33H,5-6,17-22H2,1-4H3/t32-,33+/m0/s1. The normalized spacial score (nSPS) is 18.8. The first kappa shape index (κ1) is 35.7. The predicted octanol–water partition coefficient (Wildman–Crippen LogP) is 6.91. The van der Waals surface area contributed by atoms with E-state index in [0.717, 1.165) is 16.7 Å². The summed E-state index contributed by atoms with van der Waals surface area (Å²) in [4.78, 5) is 25.9. The molecule has 2 heterocycles. The van der Waals surface area contributed by atoms with Crippen LogP contribution in [-0.4, -0.2) is 86.3 Å². The number of benzene rings is 3. The van der Waals surface area contributed by atoms with E-state index in [1.165, 1.54) is 6.26 Å². The number of hydrogen-bond donors (Lipinski definition) is 0. The van der Waals surface area contributed by atoms with Crippen molar-refractivity contribution in [3.05, 3.63) is 99.0 Å². The van der Waals surface area contributed by atoms with Gasteiger partial charge in [0.25, 0.3) is 0 Å². The van der Waals surface area contributed by atoms with Gasteiger partial charge in [0.1, 0.15) is 27.5 Å². The van der Waals surface area contributed by atoms with Gasteiger partial charge in [0, 0.05) is 42.5 Å². The van der Waals surface area contributed by atoms with Gasteiger partial charge in [-0.1, -0.05) is 53.5 Å². The van der Waals surface area contributed by atoms with Crippen molar-refractivity contribution in [2.75, 3.05) is 51.3 Å². The summed E-state index contributed by atoms with van der Waals surface area (Å²) < 4.78 is 29.4. The van der Waals surface area contributed by atoms with Gasteiger partial charge >= 0.3 is 6.03 Å². The number of hydrogen-bond acceptors (Lipinski definition) is 7. The molecule has 9 nitrogen and oxygen atoms in total. The topological polar surface area (TPSA) is 106 Å². The number of piperazine rings is 1. The van der Waals surface area contributed by atoms with E-state index in [1.54, 1.807) is 4.90 Å². The number of nitrogens with zero attached hydrogens (tertiary/aromatic N) is 5. The summed E-state index contributed by atoms with van der Waals surface area (Å²) in [7, 11) is -3.04. The van der Waals surface area contributed by atoms with Crippen LogP contribution in [-0.2, 0) is 15.3 Å². The quantitative estimate of drug-likeness (QED) is 0.227. The summed E-state index contributed by atoms with van der Waals surface area (Å²) in [6.07, 6.45) is 1.80. The van der Waals surface area contributed by atoms with E-state index in [2.05, 4.69) is 11.0 Å². The lowest BCUT2D eigenvalue weighted by molar-refractivity contribution is 0.119. The Morgan fingerprint density at radius 2 is 1.58 bits per heavy atom. The number of ether oxygens (including phenoxy) is 1. The zero-order valence-corrected chi connectivity index (χ0v) is 30.0. The van der Waals surface area contributed by atoms with Crippen molar-refractivity contribution in [2.45, 2.75) is 44.7 Å². The second-order valence-corrected chi connectivity index (χ2v) is 15.9. The van der Waals surface area contributed by atoms with Gasteiger partial charge in [0.15, 0.2) is 0 Å². The Morgan fingerprint density at radius 1 is 0.979 bits per heavy atom. The molecule has 0 saturated carbocycles. The first-order valence-corrected chi connectivity index (χ1v) is 18.9. The Morgan fingerprint density at radius 3 is 2.15 bits per heavy atom. The highest BCUT2D eigenvalue weighted by atomic mass is 35.5. The molecule has 2 aliphatic rings. The third-order valence-corrected chi connectivity index (χ3v) is 10.4. The third kappa shape index (κ3) is 8.15. The Labute approximate surface area is 293 Å². The van der Waals surface area contributed by atoms with Crippen LogP contribution in [0.2, 0.25) is 10.0 Å². The van der Waals surface area contributed by atoms with Crippen LogP contribution in [0, 0.1) is 11.3 Å². The molecule has 2 aliphatic heterocycles. The Kier molecular flexibility index (Phi) is 11.1. The van der Waals surface area contributed by atoms with Crippen molar-refractivity contribution in [1.82, 2.24) is 14.7 Å². The lowest BCUT2D eigenvalue weighted by atomic mass is 9.85. The third-order valence-electron chi connectivity index (χ3n) is 8.85. The van der Waals surface area contributed by atoms with E-state index in [4.69, 9.17) is 32.9 Å². The van der Waals surface area contributed by atoms with E-state index in [-0.39, 0.29) is 11.8 Å². The number of aliphatic imine (C=N–C) groups is 1. The fourth-order valence-corrected chi connectivity index (χ4v) is 7.06. The molecule has 2 amide bonds. The number of nitriles is 1. The predicted molar refractivity (Wildman–Crippen MR) is 191 cm³/mol. The van der Waals surface area contributed by atoms with E-state index >= 15 is 0 Å². The fraction of sp³-hybridized carbons (Fsp3) is 0.417. The molecule has 0 aromatic heterocycles. The number of rotatable bonds is 10. The zero-order valence-electron chi connectivity index (χ0n) is 27.7. The van der Waals surface area contributed by atoms with Crippen molar-refractivity contribution in [1.29, 1.82) is 5.26 Å². The number of amides is 2. The van der Waals surface area contributed by atoms with Crippen molar-refractivity contribution in [2.24, 2.45) is 4.99 Å². The SMILES string of the molecule is CCOc1ccc(C(C)(C)C#N)cc1C1=N[C@@H](c2ccc(Cl)cc2)[C@@H](c2ccc(Cl)cc2)N1C(=O)N1CCN(CCCS(C)(=O)=O)CC1. The molecule has 254 valence electrons. The molecule has 5 rings (SSSR count). The van der Waals surface area contributed by atoms with Crippen LogP contribution in [0.4, 0.5) is 4.79 Å². The lowest BCUT2D eigenvalue weighted by Gasteiger charge is -2.39. The average Bonchev–Trinajstić information content (AvgIpc) is 3.45. The van der Waals surface area contributed by atoms with Gasteiger partial charge in [0.05, 0.1) is 35.4 Å². The van der Waals surface area contributed by atoms with E-state index in [1.807, 2.05) is 92.4 Å². The molecule has 0 aliphatic carbocycles. The molecular formula is C36H41Cl2N5O4S. The number of amidine groups is 1. The number of carbonyl (C=O) groups is 1. The molecule has 0 spiro atoms. The van der Waals surface area contributed by atoms with Crippen molar-refractivity contribution < 1.29 is 17.9 Å². The smallest absolute Gasteiger partial charge is 0.326 e. The summed E-state index contributed by atoms with van der Waals surface area (Å²) in [6.45, 7) is 8.85. The summed E-state index contributed by atoms with van der Waals surface area (Å²) in [5, 5.41) is 11.2. The molecule has 0 unspecified atom stereocenters. The maximum absolute atomic E-state index is 14.9. The molecule has 48 heavy (non-hydrogen) atoms. The molecule has 0 bridgehead atoms. The molecule has 3 aromatic rings. The lowest BCUT2D eigenvalue weighted by Crippen LogP contribution is -2.54. The highest BCUT2D eigenvalue weighted by molar-refractivity contribution is 7.90. The minimum Gasteiger partial charge on any atom is -0.493 e. The maximum Gasteiger partial charge on any atom is 0.326 e. The molecule has 2 atom stereocenters. The first-order chi connectivity index (χ1) is 22.8. The minimum atomic E-state index is -3.04. The largest absolute Gasteiger partial charge is 0.493 e. The van der Waals surface area contributed by atoms with Crippen molar-refractivity contribution in [3.63, 3.8) is 0 Å². The fourth-order valence-electron chi connectivity index (χ4n) is 6.16. The van der Waals surface area contributed by atoms with Crippen LogP contribution in [0.25, 0.3) is 0 Å². The Balaban J connectivity index is 1.60. The summed E-state index contributed by atoms with van der Waals surface area (Å²) in [5.74, 6) is 1.15. The Bertz CT molecular complexity index is 1800. The Hall–Kier alpha value is -3.62. The maximum atomic E-state index is 14.9. The van der Waals surface area contributed by atoms with Crippen molar-refractivity contribution >= 4 is 44.9 Å². The number of carbonyl (C=O) groups excluding carboxylic acids is 1. The van der Waals surface area contributed by atoms with Gasteiger partial charge in [0.2, 0.25) is 0 Å². The molecule has 12 heteroatoms. The highest BCUT2D eigenvalue weighted by Gasteiger charge is 2.45. The molecule has 1 fully saturated rings. The van der Waals surface area contributed by atoms with Crippen LogP contribution < -0.4 is 4.74 Å². The van der Waals surface area contributed by atoms with Gasteiger partial charge in [-0.3, -0.25) is 14.8 Å². The van der Waals surface area contributed by atoms with Gasteiger partial charge in [-0.25, -0.2) is 13.2 Å². The van der Waals surface area contributed by atoms with Crippen LogP contribution in [0.1, 0.15) is 61.5 Å². The molecule has 0 N–H and O–H groups in total. The molecular weight excluding hydrogens is 669 g/mol. The van der Waals surface area contributed by atoms with Crippen LogP contribution in [0.15, 0.2) is 71.7 Å². The second-order valence-electron chi connectivity index (χ2n) is 12.8. The van der Waals surface area contributed by atoms with Crippen LogP contribution >= 0.6 is 23.2 Å². The van der Waals surface area contributed by atoms with Crippen LogP contribution in [0.3, 0.4) is 0 Å². The van der Waals surface area contributed by atoms with Crippen LogP contribution in [0.5, 0.6) is 5.75 Å². The van der Waals surface area contributed by atoms with Gasteiger partial charge in [-0.05, 0) is 86.8 Å². The molecule has 1 saturated heterocycles. The van der Waals surface area contributed by atoms with Gasteiger partial charge < -0.3 is 9.64 Å². The highest BCUT2D eigenvalue weighted by Crippen LogP contribution is 2.46. The number of halogens is 2. The van der Waals surface area contributed by atoms with E-state index in [0.29, 0.717) is 72.9 Å². The van der Waals surface area contributed by atoms with E-state index < -0.39 is 27.3 Å². The summed E-state index contributed by atoms with van der Waals surface area (Å²) in [5.41, 5.74) is 2.35. The zero-order chi connectivity index (χ0) is 34.6. The summed E-state index contributed by atoms with van der Waals surface area (Å²) in [6, 6.07) is 21.8. The van der Waals surface area contributed by atoms with E-state index in [9.17, 15) is 18.5 Å². The second kappa shape index (κ2) is 14.9. The monoisotopic (exact) mass is 709 g/mol. The van der Waals surface area contributed by atoms with Crippen molar-refractivity contribution in [3.8, 4) is 11.8 Å². The minimum absolute atomic E-state index is 0.137. The van der Waals surface area contributed by atoms with Gasteiger partial charge in [-0.2, -0.15) is 5.26 Å². The van der Waals surface area contributed by atoms with Gasteiger partial charge in [-0.15, -0.1) is 0 Å². The molecule has 0 radical (unpaired) electrons. The summed E-state index contributed by atoms with van der Waals surface area (Å²) >= 11 is 12.6. The average molecular weight is 711 g/mol. The molecule has 3 aromatic carbocycles. The number of urea groups is 1.